The van der Waals surface area contributed by atoms with Gasteiger partial charge in [0, 0.05) is 25.2 Å². The van der Waals surface area contributed by atoms with Crippen LogP contribution in [0.25, 0.3) is 11.0 Å². The molecule has 7 rings (SSSR count). The largest absolute Gasteiger partial charge is 0.351 e. The molecule has 0 amide bonds. The third-order valence-electron chi connectivity index (χ3n) is 7.38. The van der Waals surface area contributed by atoms with Crippen molar-refractivity contribution in [3.8, 4) is 6.07 Å². The Kier molecular flexibility index (Phi) is 4.86. The van der Waals surface area contributed by atoms with Crippen LogP contribution in [0.1, 0.15) is 37.7 Å². The van der Waals surface area contributed by atoms with Gasteiger partial charge in [-0.05, 0) is 55.9 Å². The van der Waals surface area contributed by atoms with Crippen molar-refractivity contribution in [3.63, 3.8) is 0 Å². The number of nitriles is 1. The molecule has 1 unspecified atom stereocenters. The molecular weight excluding hydrogens is 441 g/mol. The third kappa shape index (κ3) is 3.30. The molecule has 1 saturated carbocycles. The Balaban J connectivity index is 1.35. The van der Waals surface area contributed by atoms with Gasteiger partial charge in [-0.15, -0.1) is 0 Å². The Morgan fingerprint density at radius 2 is 2.09 bits per heavy atom. The highest BCUT2D eigenvalue weighted by atomic mass is 35.5. The number of hydrogen-bond donors (Lipinski definition) is 2. The van der Waals surface area contributed by atoms with Gasteiger partial charge < -0.3 is 15.5 Å². The smallest absolute Gasteiger partial charge is 0.165 e. The highest BCUT2D eigenvalue weighted by Gasteiger charge is 2.41. The molecule has 168 valence electrons. The Hall–Kier alpha value is -3.02. The molecule has 2 aromatic heterocycles. The van der Waals surface area contributed by atoms with Gasteiger partial charge in [0.2, 0.25) is 0 Å². The number of pyridine rings is 1. The lowest BCUT2D eigenvalue weighted by atomic mass is 9.65. The maximum Gasteiger partial charge on any atom is 0.165 e. The zero-order chi connectivity index (χ0) is 22.6. The first-order valence-corrected chi connectivity index (χ1v) is 11.7. The van der Waals surface area contributed by atoms with Crippen molar-refractivity contribution in [1.29, 1.82) is 5.26 Å². The molecule has 33 heavy (non-hydrogen) atoms. The van der Waals surface area contributed by atoms with Crippen molar-refractivity contribution in [2.75, 3.05) is 23.3 Å². The summed E-state index contributed by atoms with van der Waals surface area (Å²) in [6.45, 7) is 1.88. The predicted molar refractivity (Wildman–Crippen MR) is 125 cm³/mol. The number of halogens is 2. The van der Waals surface area contributed by atoms with Gasteiger partial charge >= 0.3 is 0 Å². The Labute approximate surface area is 196 Å². The fourth-order valence-electron chi connectivity index (χ4n) is 5.29. The van der Waals surface area contributed by atoms with Crippen LogP contribution in [0.4, 0.5) is 21.7 Å². The second-order valence-corrected chi connectivity index (χ2v) is 9.59. The van der Waals surface area contributed by atoms with E-state index in [1.165, 1.54) is 12.7 Å². The number of rotatable bonds is 4. The molecule has 1 aromatic carbocycles. The predicted octanol–water partition coefficient (Wildman–Crippen LogP) is 4.45. The minimum absolute atomic E-state index is 0.00916. The zero-order valence-electron chi connectivity index (χ0n) is 18.0. The van der Waals surface area contributed by atoms with E-state index in [0.717, 1.165) is 31.7 Å². The van der Waals surface area contributed by atoms with Crippen LogP contribution < -0.4 is 15.5 Å². The van der Waals surface area contributed by atoms with Crippen LogP contribution in [0.15, 0.2) is 30.6 Å². The number of piperazine rings is 1. The van der Waals surface area contributed by atoms with E-state index in [4.69, 9.17) is 16.6 Å². The summed E-state index contributed by atoms with van der Waals surface area (Å²) in [5, 5.41) is 16.2. The van der Waals surface area contributed by atoms with Gasteiger partial charge in [0.25, 0.3) is 0 Å². The highest BCUT2D eigenvalue weighted by molar-refractivity contribution is 6.32. The number of fused-ring (bicyclic) bond motifs is 4. The first-order valence-electron chi connectivity index (χ1n) is 11.4. The molecule has 5 heterocycles. The summed E-state index contributed by atoms with van der Waals surface area (Å²) in [6, 6.07) is 10.5. The third-order valence-corrected chi connectivity index (χ3v) is 7.75. The Morgan fingerprint density at radius 1 is 1.21 bits per heavy atom. The summed E-state index contributed by atoms with van der Waals surface area (Å²) < 4.78 is 15.3. The fraction of sp³-hybridized carbons (Fsp3) is 0.417. The van der Waals surface area contributed by atoms with Crippen LogP contribution in [0, 0.1) is 17.1 Å². The average molecular weight is 464 g/mol. The molecule has 4 aliphatic rings. The van der Waals surface area contributed by atoms with Crippen LogP contribution in [0.5, 0.6) is 0 Å². The van der Waals surface area contributed by atoms with E-state index in [2.05, 4.69) is 31.6 Å². The SMILES string of the molecule is N#CC1(c2ccc(Nc3ncnc4ccc(N5C[C@@H]6CCC5CN6)nc34)c(F)c2Cl)CCC1. The van der Waals surface area contributed by atoms with Crippen LogP contribution in [0.2, 0.25) is 5.02 Å². The van der Waals surface area contributed by atoms with Gasteiger partial charge in [0.1, 0.15) is 17.7 Å². The number of nitrogens with zero attached hydrogens (tertiary/aromatic N) is 5. The molecule has 3 saturated heterocycles. The lowest BCUT2D eigenvalue weighted by Crippen LogP contribution is -2.61. The standard InChI is InChI=1S/C24H23ClFN7/c25-20-16(24(12-27)8-1-9-24)4-5-17(21(20)26)31-23-22-18(29-13-30-23)6-7-19(32-22)33-11-14-2-3-15(33)10-28-14/h4-7,13-15,28H,1-3,8-11H2,(H,29,30,31)/t14-,15?/m0/s1. The molecule has 1 aliphatic carbocycles. The summed E-state index contributed by atoms with van der Waals surface area (Å²) >= 11 is 6.39. The summed E-state index contributed by atoms with van der Waals surface area (Å²) in [5.74, 6) is 0.716. The molecule has 2 atom stereocenters. The number of piperidine rings is 2. The topological polar surface area (TPSA) is 89.8 Å². The maximum absolute atomic E-state index is 15.3. The van der Waals surface area contributed by atoms with Gasteiger partial charge in [-0.3, -0.25) is 0 Å². The molecule has 9 heteroatoms. The second-order valence-electron chi connectivity index (χ2n) is 9.21. The highest BCUT2D eigenvalue weighted by Crippen LogP contribution is 2.47. The average Bonchev–Trinajstić information content (AvgIpc) is 2.83. The second kappa shape index (κ2) is 7.79. The summed E-state index contributed by atoms with van der Waals surface area (Å²) in [7, 11) is 0. The van der Waals surface area contributed by atoms with E-state index in [-0.39, 0.29) is 10.7 Å². The van der Waals surface area contributed by atoms with E-state index in [0.29, 0.717) is 47.3 Å². The van der Waals surface area contributed by atoms with Gasteiger partial charge in [0.15, 0.2) is 11.6 Å². The Morgan fingerprint density at radius 3 is 2.76 bits per heavy atom. The molecule has 4 fully saturated rings. The molecule has 3 aromatic rings. The minimum atomic E-state index is -0.683. The Bertz CT molecular complexity index is 1280. The van der Waals surface area contributed by atoms with Crippen molar-refractivity contribution in [2.45, 2.75) is 49.6 Å². The molecular formula is C24H23ClFN7. The van der Waals surface area contributed by atoms with Crippen LogP contribution in [-0.4, -0.2) is 40.1 Å². The molecule has 0 radical (unpaired) electrons. The number of nitrogens with one attached hydrogen (secondary N) is 2. The zero-order valence-corrected chi connectivity index (χ0v) is 18.7. The lowest BCUT2D eigenvalue weighted by Gasteiger charge is -2.46. The van der Waals surface area contributed by atoms with Crippen molar-refractivity contribution in [1.82, 2.24) is 20.3 Å². The summed E-state index contributed by atoms with van der Waals surface area (Å²) in [6.07, 6.45) is 6.12. The molecule has 3 aliphatic heterocycles. The molecule has 0 spiro atoms. The monoisotopic (exact) mass is 463 g/mol. The van der Waals surface area contributed by atoms with Gasteiger partial charge in [-0.1, -0.05) is 17.7 Å². The van der Waals surface area contributed by atoms with Crippen molar-refractivity contribution in [3.05, 3.63) is 47.0 Å². The minimum Gasteiger partial charge on any atom is -0.351 e. The van der Waals surface area contributed by atoms with Crippen molar-refractivity contribution >= 4 is 40.0 Å². The van der Waals surface area contributed by atoms with Crippen LogP contribution >= 0.6 is 11.6 Å². The van der Waals surface area contributed by atoms with Crippen LogP contribution in [0.3, 0.4) is 0 Å². The molecule has 7 nitrogen and oxygen atoms in total. The first kappa shape index (κ1) is 20.6. The van der Waals surface area contributed by atoms with E-state index in [1.807, 2.05) is 12.1 Å². The summed E-state index contributed by atoms with van der Waals surface area (Å²) in [4.78, 5) is 15.9. The molecule has 2 N–H and O–H groups in total. The first-order chi connectivity index (χ1) is 16.1. The van der Waals surface area contributed by atoms with Crippen molar-refractivity contribution in [2.24, 2.45) is 0 Å². The summed E-state index contributed by atoms with van der Waals surface area (Å²) in [5.41, 5.74) is 1.33. The van der Waals surface area contributed by atoms with E-state index >= 15 is 4.39 Å². The maximum atomic E-state index is 15.3. The lowest BCUT2D eigenvalue weighted by molar-refractivity contribution is 0.289. The number of hydrogen-bond acceptors (Lipinski definition) is 7. The van der Waals surface area contributed by atoms with E-state index in [9.17, 15) is 5.26 Å². The molecule has 2 bridgehead atoms. The quantitative estimate of drug-likeness (QED) is 0.590. The number of benzene rings is 1. The van der Waals surface area contributed by atoms with E-state index in [1.54, 1.807) is 12.1 Å². The van der Waals surface area contributed by atoms with Crippen molar-refractivity contribution < 1.29 is 4.39 Å². The number of aromatic nitrogens is 3. The van der Waals surface area contributed by atoms with Gasteiger partial charge in [0.05, 0.1) is 27.7 Å². The normalized spacial score (nSPS) is 23.2. The fourth-order valence-corrected chi connectivity index (χ4v) is 5.63. The van der Waals surface area contributed by atoms with Crippen LogP contribution in [-0.2, 0) is 5.41 Å². The number of anilines is 3. The van der Waals surface area contributed by atoms with Gasteiger partial charge in [-0.2, -0.15) is 5.26 Å². The van der Waals surface area contributed by atoms with Gasteiger partial charge in [-0.25, -0.2) is 19.3 Å². The van der Waals surface area contributed by atoms with E-state index < -0.39 is 11.2 Å².